The first-order valence-electron chi connectivity index (χ1n) is 5.71. The summed E-state index contributed by atoms with van der Waals surface area (Å²) in [6.45, 7) is 0. The molecule has 1 N–H and O–H groups in total. The molecular weight excluding hydrogens is 266 g/mol. The lowest BCUT2D eigenvalue weighted by Crippen LogP contribution is -1.97. The second-order valence-electron chi connectivity index (χ2n) is 4.25. The molecule has 0 spiro atoms. The summed E-state index contributed by atoms with van der Waals surface area (Å²) >= 11 is 0. The molecule has 3 aromatic rings. The van der Waals surface area contributed by atoms with Crippen molar-refractivity contribution in [3.8, 4) is 5.69 Å². The molecule has 0 bridgehead atoms. The molecule has 0 fully saturated rings. The van der Waals surface area contributed by atoms with E-state index in [2.05, 4.69) is 4.98 Å². The van der Waals surface area contributed by atoms with Gasteiger partial charge in [0.1, 0.15) is 18.0 Å². The Bertz CT molecular complexity index is 807. The number of rotatable bonds is 2. The fourth-order valence-electron chi connectivity index (χ4n) is 2.03. The van der Waals surface area contributed by atoms with Gasteiger partial charge < -0.3 is 5.11 Å². The molecule has 4 nitrogen and oxygen atoms in total. The second kappa shape index (κ2) is 4.41. The Morgan fingerprint density at radius 3 is 2.45 bits per heavy atom. The highest BCUT2D eigenvalue weighted by Gasteiger charge is 2.10. The van der Waals surface area contributed by atoms with Crippen LogP contribution in [-0.4, -0.2) is 20.6 Å². The predicted octanol–water partition coefficient (Wildman–Crippen LogP) is 3.00. The van der Waals surface area contributed by atoms with Crippen LogP contribution in [0.5, 0.6) is 0 Å². The summed E-state index contributed by atoms with van der Waals surface area (Å²) in [5, 5.41) is 8.91. The first kappa shape index (κ1) is 12.3. The summed E-state index contributed by atoms with van der Waals surface area (Å²) in [4.78, 5) is 14.9. The normalized spacial score (nSPS) is 10.9. The number of carbonyl (C=O) groups is 1. The van der Waals surface area contributed by atoms with Crippen LogP contribution in [0.1, 0.15) is 10.4 Å². The van der Waals surface area contributed by atoms with Crippen molar-refractivity contribution in [1.29, 1.82) is 0 Å². The number of nitrogens with zero attached hydrogens (tertiary/aromatic N) is 2. The van der Waals surface area contributed by atoms with E-state index in [4.69, 9.17) is 5.11 Å². The molecule has 0 aliphatic carbocycles. The number of carboxylic acids is 1. The Kier molecular flexibility index (Phi) is 2.71. The van der Waals surface area contributed by atoms with E-state index in [1.165, 1.54) is 35.2 Å². The van der Waals surface area contributed by atoms with Crippen LogP contribution in [0.4, 0.5) is 8.78 Å². The lowest BCUT2D eigenvalue weighted by molar-refractivity contribution is 0.0697. The number of hydrogen-bond acceptors (Lipinski definition) is 2. The average Bonchev–Trinajstić information content (AvgIpc) is 2.80. The molecule has 1 heterocycles. The zero-order valence-corrected chi connectivity index (χ0v) is 10.0. The number of aromatic nitrogens is 2. The van der Waals surface area contributed by atoms with Gasteiger partial charge in [-0.2, -0.15) is 0 Å². The molecule has 3 rings (SSSR count). The van der Waals surface area contributed by atoms with E-state index < -0.39 is 17.6 Å². The Balaban J connectivity index is 2.19. The predicted molar refractivity (Wildman–Crippen MR) is 67.9 cm³/mol. The maximum Gasteiger partial charge on any atom is 0.335 e. The summed E-state index contributed by atoms with van der Waals surface area (Å²) < 4.78 is 28.0. The maximum atomic E-state index is 13.2. The van der Waals surface area contributed by atoms with Gasteiger partial charge in [-0.1, -0.05) is 0 Å². The van der Waals surface area contributed by atoms with E-state index in [0.717, 1.165) is 6.07 Å². The van der Waals surface area contributed by atoms with Crippen molar-refractivity contribution in [2.45, 2.75) is 0 Å². The molecule has 0 radical (unpaired) electrons. The third kappa shape index (κ3) is 2.01. The highest BCUT2D eigenvalue weighted by molar-refractivity contribution is 5.92. The monoisotopic (exact) mass is 274 g/mol. The van der Waals surface area contributed by atoms with Gasteiger partial charge in [0.25, 0.3) is 0 Å². The van der Waals surface area contributed by atoms with Gasteiger partial charge in [0.15, 0.2) is 0 Å². The molecule has 0 saturated carbocycles. The number of fused-ring (bicyclic) bond motifs is 1. The number of carboxylic acid groups (broad SMARTS) is 1. The van der Waals surface area contributed by atoms with Crippen LogP contribution < -0.4 is 0 Å². The van der Waals surface area contributed by atoms with Crippen molar-refractivity contribution in [1.82, 2.24) is 9.55 Å². The van der Waals surface area contributed by atoms with Gasteiger partial charge in [-0.25, -0.2) is 18.6 Å². The highest BCUT2D eigenvalue weighted by atomic mass is 19.1. The van der Waals surface area contributed by atoms with Crippen LogP contribution in [0.25, 0.3) is 16.7 Å². The van der Waals surface area contributed by atoms with Crippen LogP contribution in [0.3, 0.4) is 0 Å². The minimum Gasteiger partial charge on any atom is -0.478 e. The largest absolute Gasteiger partial charge is 0.478 e. The van der Waals surface area contributed by atoms with E-state index in [1.807, 2.05) is 0 Å². The van der Waals surface area contributed by atoms with E-state index in [0.29, 0.717) is 11.0 Å². The molecule has 0 unspecified atom stereocenters. The fraction of sp³-hybridized carbons (Fsp3) is 0. The molecular formula is C14H8F2N2O2. The summed E-state index contributed by atoms with van der Waals surface area (Å²) in [5.41, 5.74) is 1.40. The zero-order valence-electron chi connectivity index (χ0n) is 10.0. The van der Waals surface area contributed by atoms with Crippen molar-refractivity contribution in [2.75, 3.05) is 0 Å². The summed E-state index contributed by atoms with van der Waals surface area (Å²) in [5.74, 6) is -2.44. The smallest absolute Gasteiger partial charge is 0.335 e. The number of benzene rings is 2. The number of aromatic carboxylic acids is 1. The summed E-state index contributed by atoms with van der Waals surface area (Å²) in [6.07, 6.45) is 1.39. The zero-order chi connectivity index (χ0) is 14.3. The topological polar surface area (TPSA) is 55.1 Å². The van der Waals surface area contributed by atoms with Crippen LogP contribution in [-0.2, 0) is 0 Å². The molecule has 0 atom stereocenters. The van der Waals surface area contributed by atoms with Gasteiger partial charge in [-0.3, -0.25) is 4.57 Å². The van der Waals surface area contributed by atoms with E-state index >= 15 is 0 Å². The molecule has 0 aliphatic heterocycles. The quantitative estimate of drug-likeness (QED) is 0.781. The Morgan fingerprint density at radius 2 is 1.80 bits per heavy atom. The van der Waals surface area contributed by atoms with Crippen LogP contribution in [0.2, 0.25) is 0 Å². The second-order valence-corrected chi connectivity index (χ2v) is 4.25. The number of imidazole rings is 1. The average molecular weight is 274 g/mol. The van der Waals surface area contributed by atoms with Gasteiger partial charge in [-0.15, -0.1) is 0 Å². The fourth-order valence-corrected chi connectivity index (χ4v) is 2.03. The molecule has 100 valence electrons. The molecule has 0 saturated heterocycles. The van der Waals surface area contributed by atoms with E-state index in [-0.39, 0.29) is 11.3 Å². The van der Waals surface area contributed by atoms with Crippen LogP contribution in [0, 0.1) is 11.6 Å². The van der Waals surface area contributed by atoms with Gasteiger partial charge in [0, 0.05) is 6.07 Å². The minimum atomic E-state index is -1.06. The summed E-state index contributed by atoms with van der Waals surface area (Å²) in [6, 6.07) is 7.51. The maximum absolute atomic E-state index is 13.2. The van der Waals surface area contributed by atoms with Gasteiger partial charge in [0.05, 0.1) is 22.3 Å². The van der Waals surface area contributed by atoms with Crippen LogP contribution in [0.15, 0.2) is 42.7 Å². The van der Waals surface area contributed by atoms with Crippen LogP contribution >= 0.6 is 0 Å². The van der Waals surface area contributed by atoms with Gasteiger partial charge in [-0.05, 0) is 30.3 Å². The molecule has 0 aliphatic rings. The third-order valence-corrected chi connectivity index (χ3v) is 2.92. The molecule has 2 aromatic carbocycles. The van der Waals surface area contributed by atoms with Crippen molar-refractivity contribution in [3.05, 3.63) is 59.9 Å². The van der Waals surface area contributed by atoms with Crippen molar-refractivity contribution in [2.24, 2.45) is 0 Å². The third-order valence-electron chi connectivity index (χ3n) is 2.92. The Morgan fingerprint density at radius 1 is 1.10 bits per heavy atom. The number of halogens is 2. The molecule has 1 aromatic heterocycles. The first-order valence-corrected chi connectivity index (χ1v) is 5.71. The summed E-state index contributed by atoms with van der Waals surface area (Å²) in [7, 11) is 0. The lowest BCUT2D eigenvalue weighted by atomic mass is 10.2. The molecule has 6 heteroatoms. The lowest BCUT2D eigenvalue weighted by Gasteiger charge is -2.05. The number of hydrogen-bond donors (Lipinski definition) is 1. The van der Waals surface area contributed by atoms with Crippen molar-refractivity contribution in [3.63, 3.8) is 0 Å². The van der Waals surface area contributed by atoms with Crippen molar-refractivity contribution >= 4 is 17.0 Å². The SMILES string of the molecule is O=C(O)c1ccc2c(c1)ncn2-c1cc(F)cc(F)c1. The molecule has 0 amide bonds. The van der Waals surface area contributed by atoms with E-state index in [9.17, 15) is 13.6 Å². The first-order chi connectivity index (χ1) is 9.54. The van der Waals surface area contributed by atoms with Gasteiger partial charge in [0.2, 0.25) is 0 Å². The highest BCUT2D eigenvalue weighted by Crippen LogP contribution is 2.21. The van der Waals surface area contributed by atoms with Crippen molar-refractivity contribution < 1.29 is 18.7 Å². The standard InChI is InChI=1S/C14H8F2N2O2/c15-9-4-10(16)6-11(5-9)18-7-17-12-3-8(14(19)20)1-2-13(12)18/h1-7H,(H,19,20). The Labute approximate surface area is 111 Å². The Hall–Kier alpha value is -2.76. The van der Waals surface area contributed by atoms with Gasteiger partial charge >= 0.3 is 5.97 Å². The minimum absolute atomic E-state index is 0.105. The van der Waals surface area contributed by atoms with E-state index in [1.54, 1.807) is 6.07 Å². The molecule has 20 heavy (non-hydrogen) atoms.